The molecule has 94 valence electrons. The van der Waals surface area contributed by atoms with Crippen LogP contribution in [0.4, 0.5) is 0 Å². The molecule has 0 N–H and O–H groups in total. The van der Waals surface area contributed by atoms with Crippen LogP contribution >= 0.6 is 0 Å². The third-order valence-electron chi connectivity index (χ3n) is 2.59. The van der Waals surface area contributed by atoms with Crippen LogP contribution in [0.25, 0.3) is 0 Å². The van der Waals surface area contributed by atoms with Gasteiger partial charge < -0.3 is 0 Å². The van der Waals surface area contributed by atoms with Crippen LogP contribution in [0.5, 0.6) is 0 Å². The molecule has 0 atom stereocenters. The average Bonchev–Trinajstić information content (AvgIpc) is 2.72. The first-order chi connectivity index (χ1) is 7.83. The van der Waals surface area contributed by atoms with Crippen LogP contribution in [0, 0.1) is 0 Å². The second-order valence-corrected chi connectivity index (χ2v) is 4.08. The van der Waals surface area contributed by atoms with Crippen LogP contribution in [-0.4, -0.2) is 4.57 Å². The SMILES string of the molecule is CCCCCCCCn1cc[n+](C)c1.[O]=[Fe]. The van der Waals surface area contributed by atoms with Gasteiger partial charge in [0.1, 0.15) is 12.4 Å². The fraction of sp³-hybridized carbons (Fsp3) is 0.750. The Bertz CT molecular complexity index is 263. The van der Waals surface area contributed by atoms with Crippen LogP contribution in [0.3, 0.4) is 0 Å². The maximum absolute atomic E-state index is 8.00. The summed E-state index contributed by atoms with van der Waals surface area (Å²) in [6.45, 7) is 3.44. The molecule has 0 amide bonds. The number of hydrogen-bond donors (Lipinski definition) is 0. The van der Waals surface area contributed by atoms with Crippen molar-refractivity contribution < 1.29 is 24.3 Å². The Hall–Kier alpha value is -0.471. The summed E-state index contributed by atoms with van der Waals surface area (Å²) in [5.41, 5.74) is 0. The van der Waals surface area contributed by atoms with E-state index in [0.717, 1.165) is 0 Å². The zero-order valence-electron chi connectivity index (χ0n) is 10.3. The zero-order valence-corrected chi connectivity index (χ0v) is 11.4. The van der Waals surface area contributed by atoms with Gasteiger partial charge in [0.05, 0.1) is 13.6 Å². The maximum atomic E-state index is 8.00. The first-order valence-corrected chi connectivity index (χ1v) is 6.43. The molecule has 3 nitrogen and oxygen atoms in total. The second-order valence-electron chi connectivity index (χ2n) is 4.08. The monoisotopic (exact) mass is 267 g/mol. The van der Waals surface area contributed by atoms with E-state index in [2.05, 4.69) is 41.8 Å². The summed E-state index contributed by atoms with van der Waals surface area (Å²) in [7, 11) is 2.07. The van der Waals surface area contributed by atoms with Gasteiger partial charge in [-0.25, -0.2) is 9.13 Å². The number of aryl methyl sites for hydroxylation is 2. The van der Waals surface area contributed by atoms with Crippen molar-refractivity contribution in [2.24, 2.45) is 7.05 Å². The van der Waals surface area contributed by atoms with E-state index in [4.69, 9.17) is 3.83 Å². The van der Waals surface area contributed by atoms with Crippen molar-refractivity contribution in [3.63, 3.8) is 0 Å². The van der Waals surface area contributed by atoms with Gasteiger partial charge in [0.15, 0.2) is 0 Å². The molecule has 0 saturated carbocycles. The van der Waals surface area contributed by atoms with Crippen molar-refractivity contribution in [3.05, 3.63) is 18.7 Å². The van der Waals surface area contributed by atoms with E-state index in [1.165, 1.54) is 45.1 Å². The van der Waals surface area contributed by atoms with Crippen molar-refractivity contribution in [3.8, 4) is 0 Å². The molecule has 4 heteroatoms. The Kier molecular flexibility index (Phi) is 10.7. The molecule has 0 aliphatic carbocycles. The number of unbranched alkanes of at least 4 members (excludes halogenated alkanes) is 5. The molecule has 1 heterocycles. The molecule has 16 heavy (non-hydrogen) atoms. The van der Waals surface area contributed by atoms with Crippen molar-refractivity contribution >= 4 is 0 Å². The fourth-order valence-electron chi connectivity index (χ4n) is 1.71. The minimum atomic E-state index is 1.17. The molecule has 1 aromatic heterocycles. The van der Waals surface area contributed by atoms with Crippen LogP contribution in [0.15, 0.2) is 18.7 Å². The van der Waals surface area contributed by atoms with Gasteiger partial charge in [-0.05, 0) is 12.8 Å². The van der Waals surface area contributed by atoms with E-state index < -0.39 is 0 Å². The van der Waals surface area contributed by atoms with Gasteiger partial charge in [-0.3, -0.25) is 0 Å². The predicted molar refractivity (Wildman–Crippen MR) is 59.7 cm³/mol. The van der Waals surface area contributed by atoms with E-state index in [9.17, 15) is 0 Å². The molecular weight excluding hydrogens is 244 g/mol. The first-order valence-electron chi connectivity index (χ1n) is 5.98. The minimum absolute atomic E-state index is 1.17. The normalized spacial score (nSPS) is 9.69. The molecule has 0 aliphatic heterocycles. The van der Waals surface area contributed by atoms with Crippen molar-refractivity contribution in [1.82, 2.24) is 4.57 Å². The summed E-state index contributed by atoms with van der Waals surface area (Å²) in [5.74, 6) is 0. The summed E-state index contributed by atoms with van der Waals surface area (Å²) >= 11 is 2.00. The fourth-order valence-corrected chi connectivity index (χ4v) is 1.71. The third kappa shape index (κ3) is 7.77. The van der Waals surface area contributed by atoms with Crippen LogP contribution in [-0.2, 0) is 33.4 Å². The summed E-state index contributed by atoms with van der Waals surface area (Å²) in [4.78, 5) is 0. The average molecular weight is 267 g/mol. The van der Waals surface area contributed by atoms with E-state index in [0.29, 0.717) is 0 Å². The van der Waals surface area contributed by atoms with E-state index >= 15 is 0 Å². The Balaban J connectivity index is 0.00000106. The second kappa shape index (κ2) is 11.0. The van der Waals surface area contributed by atoms with Gasteiger partial charge in [0.25, 0.3) is 0 Å². The van der Waals surface area contributed by atoms with Gasteiger partial charge in [0.2, 0.25) is 6.33 Å². The van der Waals surface area contributed by atoms with Gasteiger partial charge in [0, 0.05) is 0 Å². The van der Waals surface area contributed by atoms with Crippen molar-refractivity contribution in [1.29, 1.82) is 0 Å². The number of rotatable bonds is 7. The Morgan fingerprint density at radius 2 is 1.75 bits per heavy atom. The Morgan fingerprint density at radius 1 is 1.12 bits per heavy atom. The molecule has 0 bridgehead atoms. The summed E-state index contributed by atoms with van der Waals surface area (Å²) < 4.78 is 12.4. The molecular formula is C12H23FeN2O+. The summed E-state index contributed by atoms with van der Waals surface area (Å²) in [6, 6.07) is 0. The number of nitrogens with zero attached hydrogens (tertiary/aromatic N) is 2. The molecule has 0 radical (unpaired) electrons. The molecule has 0 aliphatic rings. The third-order valence-corrected chi connectivity index (χ3v) is 2.59. The van der Waals surface area contributed by atoms with Gasteiger partial charge in [-0.1, -0.05) is 32.6 Å². The predicted octanol–water partition coefficient (Wildman–Crippen LogP) is 2.55. The van der Waals surface area contributed by atoms with E-state index in [1.807, 2.05) is 15.9 Å². The first kappa shape index (κ1) is 15.5. The van der Waals surface area contributed by atoms with Gasteiger partial charge in [-0.15, -0.1) is 0 Å². The van der Waals surface area contributed by atoms with E-state index in [1.54, 1.807) is 0 Å². The number of imidazole rings is 1. The molecule has 0 saturated heterocycles. The standard InChI is InChI=1S/C12H23N2.Fe.O/c1-3-4-5-6-7-8-9-14-11-10-13(2)12-14;;/h10-12H,3-9H2,1-2H3;;/q+1;;. The summed E-state index contributed by atoms with van der Waals surface area (Å²) in [5, 5.41) is 0. The molecule has 1 rings (SSSR count). The van der Waals surface area contributed by atoms with Gasteiger partial charge >= 0.3 is 19.8 Å². The Labute approximate surface area is 107 Å². The zero-order chi connectivity index (χ0) is 12.2. The molecule has 1 aromatic rings. The van der Waals surface area contributed by atoms with Crippen LogP contribution in [0.1, 0.15) is 45.4 Å². The summed E-state index contributed by atoms with van der Waals surface area (Å²) in [6.07, 6.45) is 14.6. The van der Waals surface area contributed by atoms with Gasteiger partial charge in [-0.2, -0.15) is 0 Å². The van der Waals surface area contributed by atoms with Crippen molar-refractivity contribution in [2.75, 3.05) is 0 Å². The number of hydrogen-bond acceptors (Lipinski definition) is 1. The Morgan fingerprint density at radius 3 is 2.31 bits per heavy atom. The molecule has 0 unspecified atom stereocenters. The van der Waals surface area contributed by atoms with Crippen LogP contribution in [0.2, 0.25) is 0 Å². The molecule has 0 spiro atoms. The molecule has 0 fully saturated rings. The number of aromatic nitrogens is 2. The van der Waals surface area contributed by atoms with E-state index in [-0.39, 0.29) is 0 Å². The topological polar surface area (TPSA) is 25.9 Å². The molecule has 0 aromatic carbocycles. The van der Waals surface area contributed by atoms with Crippen molar-refractivity contribution in [2.45, 2.75) is 52.0 Å². The quantitative estimate of drug-likeness (QED) is 0.423. The van der Waals surface area contributed by atoms with Crippen LogP contribution < -0.4 is 4.57 Å².